The molecule has 1 aliphatic rings. The van der Waals surface area contributed by atoms with Crippen LogP contribution in [0.4, 0.5) is 5.13 Å². The van der Waals surface area contributed by atoms with Crippen LogP contribution in [-0.4, -0.2) is 33.8 Å². The quantitative estimate of drug-likeness (QED) is 0.889. The molecular formula is C14H20ClN5OS. The van der Waals surface area contributed by atoms with E-state index >= 15 is 0 Å². The molecule has 0 saturated carbocycles. The normalized spacial score (nSPS) is 20.6. The van der Waals surface area contributed by atoms with E-state index in [9.17, 15) is 4.79 Å². The summed E-state index contributed by atoms with van der Waals surface area (Å²) >= 11 is 1.54. The van der Waals surface area contributed by atoms with Crippen molar-refractivity contribution < 1.29 is 4.79 Å². The van der Waals surface area contributed by atoms with Gasteiger partial charge in [-0.05, 0) is 12.0 Å². The van der Waals surface area contributed by atoms with Crippen LogP contribution in [0, 0.1) is 5.92 Å². The Kier molecular flexibility index (Phi) is 5.55. The molecule has 8 heteroatoms. The molecule has 2 aromatic heterocycles. The second kappa shape index (κ2) is 7.21. The maximum atomic E-state index is 12.5. The van der Waals surface area contributed by atoms with Gasteiger partial charge in [0, 0.05) is 43.3 Å². The summed E-state index contributed by atoms with van der Waals surface area (Å²) < 4.78 is 1.77. The summed E-state index contributed by atoms with van der Waals surface area (Å²) in [6, 6.07) is 0. The molecule has 0 radical (unpaired) electrons. The van der Waals surface area contributed by atoms with E-state index in [1.165, 1.54) is 4.88 Å². The Bertz CT molecular complexity index is 641. The van der Waals surface area contributed by atoms with Gasteiger partial charge in [0.05, 0.1) is 12.1 Å². The van der Waals surface area contributed by atoms with Crippen molar-refractivity contribution in [3.8, 4) is 0 Å². The largest absolute Gasteiger partial charge is 0.315 e. The van der Waals surface area contributed by atoms with Crippen molar-refractivity contribution in [3.63, 3.8) is 0 Å². The van der Waals surface area contributed by atoms with E-state index in [-0.39, 0.29) is 30.2 Å². The third-order valence-electron chi connectivity index (χ3n) is 3.84. The number of halogens is 1. The van der Waals surface area contributed by atoms with E-state index in [4.69, 9.17) is 0 Å². The molecule has 0 aliphatic carbocycles. The molecule has 2 atom stereocenters. The molecule has 22 heavy (non-hydrogen) atoms. The van der Waals surface area contributed by atoms with Crippen LogP contribution in [0.5, 0.6) is 0 Å². The molecule has 120 valence electrons. The van der Waals surface area contributed by atoms with Crippen LogP contribution in [0.2, 0.25) is 0 Å². The van der Waals surface area contributed by atoms with Gasteiger partial charge in [-0.15, -0.1) is 23.7 Å². The van der Waals surface area contributed by atoms with Crippen LogP contribution in [0.25, 0.3) is 0 Å². The Labute approximate surface area is 139 Å². The molecule has 2 aromatic rings. The smallest absolute Gasteiger partial charge is 0.231 e. The number of aromatic nitrogens is 3. The molecule has 0 unspecified atom stereocenters. The third kappa shape index (κ3) is 3.48. The first-order chi connectivity index (χ1) is 10.2. The van der Waals surface area contributed by atoms with Crippen molar-refractivity contribution >= 4 is 34.8 Å². The molecule has 2 N–H and O–H groups in total. The minimum atomic E-state index is -0.0804. The predicted molar refractivity (Wildman–Crippen MR) is 89.7 cm³/mol. The highest BCUT2D eigenvalue weighted by molar-refractivity contribution is 7.15. The molecule has 0 spiro atoms. The Balaban J connectivity index is 0.00000176. The Morgan fingerprint density at radius 3 is 2.95 bits per heavy atom. The van der Waals surface area contributed by atoms with Crippen molar-refractivity contribution in [3.05, 3.63) is 29.0 Å². The lowest BCUT2D eigenvalue weighted by Crippen LogP contribution is -2.27. The zero-order valence-corrected chi connectivity index (χ0v) is 14.2. The topological polar surface area (TPSA) is 71.8 Å². The minimum Gasteiger partial charge on any atom is -0.315 e. The maximum Gasteiger partial charge on any atom is 0.231 e. The van der Waals surface area contributed by atoms with Gasteiger partial charge in [0.15, 0.2) is 5.13 Å². The Morgan fingerprint density at radius 1 is 1.50 bits per heavy atom. The lowest BCUT2D eigenvalue weighted by Gasteiger charge is -2.15. The lowest BCUT2D eigenvalue weighted by atomic mass is 9.90. The summed E-state index contributed by atoms with van der Waals surface area (Å²) in [7, 11) is 1.89. The van der Waals surface area contributed by atoms with E-state index in [1.54, 1.807) is 16.0 Å². The second-order valence-corrected chi connectivity index (χ2v) is 6.41. The number of carbonyl (C=O) groups is 1. The highest BCUT2D eigenvalue weighted by Crippen LogP contribution is 2.29. The summed E-state index contributed by atoms with van der Waals surface area (Å²) in [5, 5.41) is 11.1. The Hall–Kier alpha value is -1.44. The van der Waals surface area contributed by atoms with E-state index in [2.05, 4.69) is 27.6 Å². The molecule has 1 amide bonds. The summed E-state index contributed by atoms with van der Waals surface area (Å²) in [4.78, 5) is 17.9. The average Bonchev–Trinajstić information content (AvgIpc) is 3.17. The standard InChI is InChI=1S/C14H19N5OS.ClH/c1-3-10-5-16-14(21-10)18-13(20)12-7-15-6-11(12)9-4-17-19(2)8-9;/h4-5,8,11-12,15H,3,6-7H2,1-2H3,(H,16,18,20);1H/t11-,12+;/m1./s1. The fourth-order valence-corrected chi connectivity index (χ4v) is 3.42. The first-order valence-corrected chi connectivity index (χ1v) is 7.94. The molecule has 3 heterocycles. The third-order valence-corrected chi connectivity index (χ3v) is 4.89. The van der Waals surface area contributed by atoms with Crippen LogP contribution in [0.1, 0.15) is 23.3 Å². The van der Waals surface area contributed by atoms with E-state index < -0.39 is 0 Å². The highest BCUT2D eigenvalue weighted by Gasteiger charge is 2.35. The summed E-state index contributed by atoms with van der Waals surface area (Å²) in [6.07, 6.45) is 6.59. The number of aryl methyl sites for hydroxylation is 2. The van der Waals surface area contributed by atoms with Gasteiger partial charge in [-0.1, -0.05) is 6.92 Å². The van der Waals surface area contributed by atoms with Gasteiger partial charge in [-0.2, -0.15) is 5.10 Å². The van der Waals surface area contributed by atoms with Crippen molar-refractivity contribution in [2.75, 3.05) is 18.4 Å². The van der Waals surface area contributed by atoms with Crippen molar-refractivity contribution in [2.24, 2.45) is 13.0 Å². The van der Waals surface area contributed by atoms with Crippen LogP contribution in [0.3, 0.4) is 0 Å². The molecule has 1 aliphatic heterocycles. The van der Waals surface area contributed by atoms with Gasteiger partial charge in [0.25, 0.3) is 0 Å². The molecule has 6 nitrogen and oxygen atoms in total. The van der Waals surface area contributed by atoms with Crippen molar-refractivity contribution in [1.82, 2.24) is 20.1 Å². The number of hydrogen-bond acceptors (Lipinski definition) is 5. The molecular weight excluding hydrogens is 322 g/mol. The van der Waals surface area contributed by atoms with Crippen LogP contribution in [-0.2, 0) is 18.3 Å². The number of nitrogens with one attached hydrogen (secondary N) is 2. The molecule has 3 rings (SSSR count). The monoisotopic (exact) mass is 341 g/mol. The zero-order chi connectivity index (χ0) is 14.8. The van der Waals surface area contributed by atoms with E-state index in [0.717, 1.165) is 18.5 Å². The van der Waals surface area contributed by atoms with Crippen molar-refractivity contribution in [1.29, 1.82) is 0 Å². The highest BCUT2D eigenvalue weighted by atomic mass is 35.5. The fraction of sp³-hybridized carbons (Fsp3) is 0.500. The number of amides is 1. The van der Waals surface area contributed by atoms with Gasteiger partial charge in [0.2, 0.25) is 5.91 Å². The summed E-state index contributed by atoms with van der Waals surface area (Å²) in [5.41, 5.74) is 1.11. The molecule has 0 bridgehead atoms. The van der Waals surface area contributed by atoms with Crippen LogP contribution >= 0.6 is 23.7 Å². The number of carbonyl (C=O) groups excluding carboxylic acids is 1. The molecule has 1 saturated heterocycles. The average molecular weight is 342 g/mol. The van der Waals surface area contributed by atoms with Crippen LogP contribution in [0.15, 0.2) is 18.6 Å². The number of nitrogens with zero attached hydrogens (tertiary/aromatic N) is 3. The number of rotatable bonds is 4. The first kappa shape index (κ1) is 16.9. The van der Waals surface area contributed by atoms with Gasteiger partial charge >= 0.3 is 0 Å². The van der Waals surface area contributed by atoms with Gasteiger partial charge in [-0.3, -0.25) is 9.48 Å². The van der Waals surface area contributed by atoms with Gasteiger partial charge < -0.3 is 10.6 Å². The lowest BCUT2D eigenvalue weighted by molar-refractivity contribution is -0.119. The van der Waals surface area contributed by atoms with E-state index in [1.807, 2.05) is 25.6 Å². The minimum absolute atomic E-state index is 0. The number of anilines is 1. The SMILES string of the molecule is CCc1cnc(NC(=O)[C@H]2CNC[C@@H]2c2cnn(C)c2)s1.Cl. The maximum absolute atomic E-state index is 12.5. The van der Waals surface area contributed by atoms with Gasteiger partial charge in [0.1, 0.15) is 0 Å². The number of thiazole rings is 1. The first-order valence-electron chi connectivity index (χ1n) is 7.12. The zero-order valence-electron chi connectivity index (χ0n) is 12.6. The summed E-state index contributed by atoms with van der Waals surface area (Å²) in [6.45, 7) is 3.58. The molecule has 1 fully saturated rings. The second-order valence-electron chi connectivity index (χ2n) is 5.29. The van der Waals surface area contributed by atoms with E-state index in [0.29, 0.717) is 11.7 Å². The van der Waals surface area contributed by atoms with Crippen LogP contribution < -0.4 is 10.6 Å². The van der Waals surface area contributed by atoms with Gasteiger partial charge in [-0.25, -0.2) is 4.98 Å². The Morgan fingerprint density at radius 2 is 2.32 bits per heavy atom. The molecule has 0 aromatic carbocycles. The predicted octanol–water partition coefficient (Wildman–Crippen LogP) is 1.80. The summed E-state index contributed by atoms with van der Waals surface area (Å²) in [5.74, 6) is 0.123. The number of hydrogen-bond donors (Lipinski definition) is 2. The fourth-order valence-electron chi connectivity index (χ4n) is 2.66. The van der Waals surface area contributed by atoms with Crippen molar-refractivity contribution in [2.45, 2.75) is 19.3 Å².